The summed E-state index contributed by atoms with van der Waals surface area (Å²) in [6.07, 6.45) is 0.733. The summed E-state index contributed by atoms with van der Waals surface area (Å²) in [5, 5.41) is 3.37. The first-order valence-corrected chi connectivity index (χ1v) is 8.00. The molecule has 0 heterocycles. The van der Waals surface area contributed by atoms with E-state index in [1.54, 1.807) is 24.3 Å². The van der Waals surface area contributed by atoms with Crippen molar-refractivity contribution >= 4 is 46.4 Å². The van der Waals surface area contributed by atoms with E-state index in [1.807, 2.05) is 31.2 Å². The minimum absolute atomic E-state index is 0.197. The van der Waals surface area contributed by atoms with Gasteiger partial charge in [-0.2, -0.15) is 0 Å². The lowest BCUT2D eigenvalue weighted by atomic mass is 9.98. The molecule has 5 heteroatoms. The van der Waals surface area contributed by atoms with E-state index in [0.717, 1.165) is 12.0 Å². The molecule has 3 rings (SSSR count). The van der Waals surface area contributed by atoms with Crippen LogP contribution in [0.4, 0.5) is 5.69 Å². The van der Waals surface area contributed by atoms with Crippen molar-refractivity contribution in [3.63, 3.8) is 0 Å². The number of hydrogen-bond donors (Lipinski definition) is 1. The number of amides is 1. The molecule has 0 radical (unpaired) electrons. The van der Waals surface area contributed by atoms with E-state index in [9.17, 15) is 4.79 Å². The quantitative estimate of drug-likeness (QED) is 0.732. The number of hydrogen-bond acceptors (Lipinski definition) is 1. The Kier molecular flexibility index (Phi) is 3.88. The summed E-state index contributed by atoms with van der Waals surface area (Å²) in [5.74, 6) is -0.197. The minimum atomic E-state index is -0.696. The number of anilines is 1. The third kappa shape index (κ3) is 2.83. The van der Waals surface area contributed by atoms with Crippen LogP contribution in [0, 0.1) is 0 Å². The number of nitrogens with one attached hydrogen (secondary N) is 1. The molecule has 0 aromatic heterocycles. The van der Waals surface area contributed by atoms with Gasteiger partial charge in [0.15, 0.2) is 0 Å². The predicted molar refractivity (Wildman–Crippen MR) is 92.3 cm³/mol. The number of benzene rings is 2. The zero-order chi connectivity index (χ0) is 16.0. The van der Waals surface area contributed by atoms with Crippen molar-refractivity contribution < 1.29 is 4.79 Å². The summed E-state index contributed by atoms with van der Waals surface area (Å²) < 4.78 is -0.696. The van der Waals surface area contributed by atoms with Crippen LogP contribution in [0.5, 0.6) is 0 Å². The standard InChI is InChI=1S/C17H14Cl3NO/c1-16(10-17(16,19)20)12-5-7-14(8-6-12)21-15(22)11-3-2-4-13(18)9-11/h2-9H,10H2,1H3,(H,21,22)/t16-/m1/s1. The maximum atomic E-state index is 12.2. The number of rotatable bonds is 3. The summed E-state index contributed by atoms with van der Waals surface area (Å²) in [4.78, 5) is 12.2. The average Bonchev–Trinajstić information content (AvgIpc) is 2.99. The highest BCUT2D eigenvalue weighted by Crippen LogP contribution is 2.64. The topological polar surface area (TPSA) is 29.1 Å². The Hall–Kier alpha value is -1.22. The molecule has 2 aromatic rings. The van der Waals surface area contributed by atoms with Crippen LogP contribution in [-0.2, 0) is 5.41 Å². The monoisotopic (exact) mass is 353 g/mol. The van der Waals surface area contributed by atoms with E-state index in [-0.39, 0.29) is 11.3 Å². The van der Waals surface area contributed by atoms with Gasteiger partial charge < -0.3 is 5.32 Å². The number of halogens is 3. The van der Waals surface area contributed by atoms with Crippen LogP contribution in [0.15, 0.2) is 48.5 Å². The molecule has 0 saturated heterocycles. The van der Waals surface area contributed by atoms with E-state index >= 15 is 0 Å². The fourth-order valence-corrected chi connectivity index (χ4v) is 3.41. The maximum Gasteiger partial charge on any atom is 0.255 e. The average molecular weight is 355 g/mol. The molecule has 0 unspecified atom stereocenters. The van der Waals surface area contributed by atoms with Crippen LogP contribution >= 0.6 is 34.8 Å². The third-order valence-electron chi connectivity index (χ3n) is 4.12. The van der Waals surface area contributed by atoms with Gasteiger partial charge in [-0.05, 0) is 42.3 Å². The van der Waals surface area contributed by atoms with E-state index in [4.69, 9.17) is 34.8 Å². The highest BCUT2D eigenvalue weighted by molar-refractivity contribution is 6.52. The first-order valence-electron chi connectivity index (χ1n) is 6.87. The molecule has 22 heavy (non-hydrogen) atoms. The first kappa shape index (κ1) is 15.7. The van der Waals surface area contributed by atoms with Crippen molar-refractivity contribution in [2.24, 2.45) is 0 Å². The Balaban J connectivity index is 1.73. The lowest BCUT2D eigenvalue weighted by Crippen LogP contribution is -2.13. The summed E-state index contributed by atoms with van der Waals surface area (Å²) in [6.45, 7) is 2.03. The van der Waals surface area contributed by atoms with Gasteiger partial charge in [0.2, 0.25) is 0 Å². The lowest BCUT2D eigenvalue weighted by molar-refractivity contribution is 0.102. The minimum Gasteiger partial charge on any atom is -0.322 e. The first-order chi connectivity index (χ1) is 10.3. The van der Waals surface area contributed by atoms with E-state index in [1.165, 1.54) is 0 Å². The Morgan fingerprint density at radius 1 is 1.14 bits per heavy atom. The van der Waals surface area contributed by atoms with Gasteiger partial charge in [-0.25, -0.2) is 0 Å². The lowest BCUT2D eigenvalue weighted by Gasteiger charge is -2.13. The Bertz CT molecular complexity index is 727. The smallest absolute Gasteiger partial charge is 0.255 e. The highest BCUT2D eigenvalue weighted by Gasteiger charge is 2.63. The molecule has 2 nitrogen and oxygen atoms in total. The van der Waals surface area contributed by atoms with Gasteiger partial charge in [0.25, 0.3) is 5.91 Å². The van der Waals surface area contributed by atoms with E-state index in [2.05, 4.69) is 5.32 Å². The maximum absolute atomic E-state index is 12.2. The number of alkyl halides is 2. The fourth-order valence-electron chi connectivity index (χ4n) is 2.47. The van der Waals surface area contributed by atoms with E-state index < -0.39 is 4.33 Å². The predicted octanol–water partition coefficient (Wildman–Crippen LogP) is 5.43. The molecular weight excluding hydrogens is 341 g/mol. The summed E-state index contributed by atoms with van der Waals surface area (Å²) in [7, 11) is 0. The molecule has 0 spiro atoms. The van der Waals surface area contributed by atoms with Gasteiger partial charge in [-0.3, -0.25) is 4.79 Å². The second-order valence-corrected chi connectivity index (χ2v) is 7.68. The van der Waals surface area contributed by atoms with Gasteiger partial charge in [0.05, 0.1) is 0 Å². The van der Waals surface area contributed by atoms with Gasteiger partial charge in [-0.15, -0.1) is 23.2 Å². The summed E-state index contributed by atoms with van der Waals surface area (Å²) in [6, 6.07) is 14.4. The Morgan fingerprint density at radius 2 is 1.77 bits per heavy atom. The van der Waals surface area contributed by atoms with Crippen LogP contribution in [0.1, 0.15) is 29.3 Å². The number of carbonyl (C=O) groups is 1. The Labute approximate surface area is 144 Å². The molecular formula is C17H14Cl3NO. The van der Waals surface area contributed by atoms with Crippen LogP contribution in [0.3, 0.4) is 0 Å². The Morgan fingerprint density at radius 3 is 2.32 bits per heavy atom. The second-order valence-electron chi connectivity index (χ2n) is 5.76. The van der Waals surface area contributed by atoms with Crippen LogP contribution in [0.25, 0.3) is 0 Å². The summed E-state index contributed by atoms with van der Waals surface area (Å²) >= 11 is 18.3. The molecule has 2 aromatic carbocycles. The van der Waals surface area contributed by atoms with E-state index in [0.29, 0.717) is 16.3 Å². The molecule has 1 atom stereocenters. The highest BCUT2D eigenvalue weighted by atomic mass is 35.5. The van der Waals surface area contributed by atoms with Crippen LogP contribution in [-0.4, -0.2) is 10.2 Å². The molecule has 1 aliphatic carbocycles. The fraction of sp³-hybridized carbons (Fsp3) is 0.235. The SMILES string of the molecule is C[C@]1(c2ccc(NC(=O)c3cccc(Cl)c3)cc2)CC1(Cl)Cl. The zero-order valence-electron chi connectivity index (χ0n) is 11.9. The molecule has 1 amide bonds. The van der Waals surface area contributed by atoms with Crippen molar-refractivity contribution in [1.29, 1.82) is 0 Å². The van der Waals surface area contributed by atoms with Gasteiger partial charge in [-0.1, -0.05) is 36.7 Å². The molecule has 0 aliphatic heterocycles. The second kappa shape index (κ2) is 5.45. The third-order valence-corrected chi connectivity index (χ3v) is 5.46. The van der Waals surface area contributed by atoms with Crippen molar-refractivity contribution in [1.82, 2.24) is 0 Å². The van der Waals surface area contributed by atoms with Gasteiger partial charge in [0, 0.05) is 21.7 Å². The van der Waals surface area contributed by atoms with Crippen LogP contribution in [0.2, 0.25) is 5.02 Å². The molecule has 1 aliphatic rings. The van der Waals surface area contributed by atoms with Gasteiger partial charge >= 0.3 is 0 Å². The normalized spacial score (nSPS) is 22.2. The number of carbonyl (C=O) groups excluding carboxylic acids is 1. The molecule has 1 N–H and O–H groups in total. The van der Waals surface area contributed by atoms with Crippen molar-refractivity contribution in [2.45, 2.75) is 23.1 Å². The molecule has 1 saturated carbocycles. The molecule has 1 fully saturated rings. The van der Waals surface area contributed by atoms with Crippen molar-refractivity contribution in [3.05, 3.63) is 64.7 Å². The van der Waals surface area contributed by atoms with Gasteiger partial charge in [0.1, 0.15) is 4.33 Å². The summed E-state index contributed by atoms with van der Waals surface area (Å²) in [5.41, 5.74) is 2.09. The van der Waals surface area contributed by atoms with Crippen molar-refractivity contribution in [3.8, 4) is 0 Å². The van der Waals surface area contributed by atoms with Crippen molar-refractivity contribution in [2.75, 3.05) is 5.32 Å². The molecule has 114 valence electrons. The largest absolute Gasteiger partial charge is 0.322 e. The van der Waals surface area contributed by atoms with Crippen LogP contribution < -0.4 is 5.32 Å². The zero-order valence-corrected chi connectivity index (χ0v) is 14.1. The molecule has 0 bridgehead atoms.